The Hall–Kier alpha value is -1.31. The van der Waals surface area contributed by atoms with Crippen LogP contribution in [0.2, 0.25) is 0 Å². The summed E-state index contributed by atoms with van der Waals surface area (Å²) in [5, 5.41) is 9.16. The second-order valence-corrected chi connectivity index (χ2v) is 6.01. The lowest BCUT2D eigenvalue weighted by atomic mass is 9.84. The molecule has 104 valence electrons. The van der Waals surface area contributed by atoms with Gasteiger partial charge in [0.25, 0.3) is 0 Å². The summed E-state index contributed by atoms with van der Waals surface area (Å²) in [5.74, 6) is 0.623. The molecule has 2 heteroatoms. The van der Waals surface area contributed by atoms with Crippen LogP contribution in [0.3, 0.4) is 0 Å². The summed E-state index contributed by atoms with van der Waals surface area (Å²) < 4.78 is 0. The van der Waals surface area contributed by atoms with Gasteiger partial charge in [-0.05, 0) is 53.7 Å². The Bertz CT molecular complexity index is 458. The second-order valence-electron chi connectivity index (χ2n) is 6.01. The van der Waals surface area contributed by atoms with E-state index in [-0.39, 0.29) is 12.3 Å². The van der Waals surface area contributed by atoms with Gasteiger partial charge < -0.3 is 5.11 Å². The van der Waals surface area contributed by atoms with E-state index in [4.69, 9.17) is 5.11 Å². The summed E-state index contributed by atoms with van der Waals surface area (Å²) in [7, 11) is 0. The maximum absolute atomic E-state index is 11.1. The number of hydrogen-bond donors (Lipinski definition) is 1. The largest absolute Gasteiger partial charge is 0.481 e. The van der Waals surface area contributed by atoms with Crippen molar-refractivity contribution in [3.63, 3.8) is 0 Å². The van der Waals surface area contributed by atoms with E-state index in [0.29, 0.717) is 11.8 Å². The highest BCUT2D eigenvalue weighted by Crippen LogP contribution is 2.46. The van der Waals surface area contributed by atoms with Gasteiger partial charge in [0.2, 0.25) is 0 Å². The maximum atomic E-state index is 11.1. The van der Waals surface area contributed by atoms with Crippen molar-refractivity contribution >= 4 is 5.97 Å². The number of hydrogen-bond acceptors (Lipinski definition) is 1. The van der Waals surface area contributed by atoms with Gasteiger partial charge in [-0.3, -0.25) is 4.79 Å². The summed E-state index contributed by atoms with van der Waals surface area (Å²) in [4.78, 5) is 11.1. The first kappa shape index (κ1) is 14.1. The van der Waals surface area contributed by atoms with Crippen LogP contribution in [0.5, 0.6) is 0 Å². The van der Waals surface area contributed by atoms with Gasteiger partial charge in [-0.25, -0.2) is 0 Å². The van der Waals surface area contributed by atoms with Gasteiger partial charge >= 0.3 is 5.97 Å². The second kappa shape index (κ2) is 5.77. The van der Waals surface area contributed by atoms with E-state index in [1.807, 2.05) is 0 Å². The third kappa shape index (κ3) is 3.37. The first-order valence-corrected chi connectivity index (χ1v) is 7.37. The van der Waals surface area contributed by atoms with Gasteiger partial charge in [-0.2, -0.15) is 0 Å². The average Bonchev–Trinajstić information content (AvgIpc) is 3.19. The summed E-state index contributed by atoms with van der Waals surface area (Å²) in [6, 6.07) is 6.65. The average molecular weight is 260 g/mol. The SMILES string of the molecule is CCc1ccc(C(C)C)cc1C(CC(=O)O)C1CC1. The van der Waals surface area contributed by atoms with Gasteiger partial charge in [0, 0.05) is 0 Å². The monoisotopic (exact) mass is 260 g/mol. The Morgan fingerprint density at radius 2 is 2.05 bits per heavy atom. The lowest BCUT2D eigenvalue weighted by Crippen LogP contribution is -2.11. The lowest BCUT2D eigenvalue weighted by Gasteiger charge is -2.20. The van der Waals surface area contributed by atoms with Crippen molar-refractivity contribution in [1.29, 1.82) is 0 Å². The van der Waals surface area contributed by atoms with Crippen LogP contribution >= 0.6 is 0 Å². The van der Waals surface area contributed by atoms with Gasteiger partial charge in [0.15, 0.2) is 0 Å². The smallest absolute Gasteiger partial charge is 0.303 e. The molecule has 1 aliphatic rings. The minimum absolute atomic E-state index is 0.214. The van der Waals surface area contributed by atoms with Crippen LogP contribution in [-0.2, 0) is 11.2 Å². The number of carbonyl (C=O) groups is 1. The normalized spacial score (nSPS) is 16.6. The fourth-order valence-corrected chi connectivity index (χ4v) is 2.86. The van der Waals surface area contributed by atoms with Gasteiger partial charge in [0.05, 0.1) is 6.42 Å². The van der Waals surface area contributed by atoms with Crippen molar-refractivity contribution in [3.05, 3.63) is 34.9 Å². The highest BCUT2D eigenvalue weighted by molar-refractivity contribution is 5.68. The first-order valence-electron chi connectivity index (χ1n) is 7.37. The Kier molecular flexibility index (Phi) is 4.28. The highest BCUT2D eigenvalue weighted by Gasteiger charge is 2.34. The lowest BCUT2D eigenvalue weighted by molar-refractivity contribution is -0.137. The number of carboxylic acids is 1. The van der Waals surface area contributed by atoms with E-state index < -0.39 is 5.97 Å². The molecule has 0 spiro atoms. The standard InChI is InChI=1S/C17H24O2/c1-4-12-5-8-14(11(2)3)9-15(12)16(10-17(18)19)13-6-7-13/h5,8-9,11,13,16H,4,6-7,10H2,1-3H3,(H,18,19). The predicted octanol–water partition coefficient (Wildman–Crippen LogP) is 4.34. The molecule has 0 saturated heterocycles. The summed E-state index contributed by atoms with van der Waals surface area (Å²) >= 11 is 0. The molecular formula is C17H24O2. The Balaban J connectivity index is 2.37. The van der Waals surface area contributed by atoms with Crippen LogP contribution in [-0.4, -0.2) is 11.1 Å². The minimum atomic E-state index is -0.672. The van der Waals surface area contributed by atoms with Crippen molar-refractivity contribution in [2.24, 2.45) is 5.92 Å². The summed E-state index contributed by atoms with van der Waals surface area (Å²) in [5.41, 5.74) is 3.93. The van der Waals surface area contributed by atoms with E-state index in [1.54, 1.807) is 0 Å². The van der Waals surface area contributed by atoms with E-state index >= 15 is 0 Å². The molecule has 1 N–H and O–H groups in total. The van der Waals surface area contributed by atoms with Crippen LogP contribution < -0.4 is 0 Å². The van der Waals surface area contributed by atoms with Crippen LogP contribution in [0.25, 0.3) is 0 Å². The third-order valence-corrected chi connectivity index (χ3v) is 4.20. The summed E-state index contributed by atoms with van der Waals surface area (Å²) in [6.07, 6.45) is 3.63. The van der Waals surface area contributed by atoms with Gasteiger partial charge in [-0.15, -0.1) is 0 Å². The topological polar surface area (TPSA) is 37.3 Å². The zero-order chi connectivity index (χ0) is 14.0. The molecule has 0 bridgehead atoms. The quantitative estimate of drug-likeness (QED) is 0.826. The van der Waals surface area contributed by atoms with E-state index in [9.17, 15) is 4.79 Å². The molecule has 1 saturated carbocycles. The van der Waals surface area contributed by atoms with E-state index in [2.05, 4.69) is 39.0 Å². The number of aryl methyl sites for hydroxylation is 1. The molecule has 1 aliphatic carbocycles. The molecule has 0 amide bonds. The molecule has 19 heavy (non-hydrogen) atoms. The Morgan fingerprint density at radius 3 is 2.53 bits per heavy atom. The number of carboxylic acid groups (broad SMARTS) is 1. The van der Waals surface area contributed by atoms with Crippen LogP contribution in [0.1, 0.15) is 68.6 Å². The van der Waals surface area contributed by atoms with Gasteiger partial charge in [-0.1, -0.05) is 39.0 Å². The molecule has 1 atom stereocenters. The van der Waals surface area contributed by atoms with Crippen molar-refractivity contribution < 1.29 is 9.90 Å². The number of benzene rings is 1. The minimum Gasteiger partial charge on any atom is -0.481 e. The van der Waals surface area contributed by atoms with Crippen LogP contribution in [0.4, 0.5) is 0 Å². The van der Waals surface area contributed by atoms with Crippen molar-refractivity contribution in [2.45, 2.75) is 58.3 Å². The zero-order valence-electron chi connectivity index (χ0n) is 12.1. The molecular weight excluding hydrogens is 236 g/mol. The Labute approximate surface area is 115 Å². The van der Waals surface area contributed by atoms with Crippen molar-refractivity contribution in [1.82, 2.24) is 0 Å². The van der Waals surface area contributed by atoms with Crippen LogP contribution in [0.15, 0.2) is 18.2 Å². The third-order valence-electron chi connectivity index (χ3n) is 4.20. The van der Waals surface area contributed by atoms with E-state index in [0.717, 1.165) is 6.42 Å². The number of rotatable bonds is 6. The number of aliphatic carboxylic acids is 1. The molecule has 0 aromatic heterocycles. The fourth-order valence-electron chi connectivity index (χ4n) is 2.86. The maximum Gasteiger partial charge on any atom is 0.303 e. The fraction of sp³-hybridized carbons (Fsp3) is 0.588. The molecule has 0 heterocycles. The molecule has 1 aromatic rings. The molecule has 0 radical (unpaired) electrons. The molecule has 2 nitrogen and oxygen atoms in total. The highest BCUT2D eigenvalue weighted by atomic mass is 16.4. The molecule has 1 unspecified atom stereocenters. The van der Waals surface area contributed by atoms with Gasteiger partial charge in [0.1, 0.15) is 0 Å². The van der Waals surface area contributed by atoms with Crippen LogP contribution in [0, 0.1) is 5.92 Å². The van der Waals surface area contributed by atoms with Crippen molar-refractivity contribution in [3.8, 4) is 0 Å². The molecule has 1 fully saturated rings. The zero-order valence-corrected chi connectivity index (χ0v) is 12.1. The summed E-state index contributed by atoms with van der Waals surface area (Å²) in [6.45, 7) is 6.53. The molecule has 0 aliphatic heterocycles. The Morgan fingerprint density at radius 1 is 1.37 bits per heavy atom. The van der Waals surface area contributed by atoms with E-state index in [1.165, 1.54) is 29.5 Å². The predicted molar refractivity (Wildman–Crippen MR) is 77.6 cm³/mol. The first-order chi connectivity index (χ1) is 9.02. The van der Waals surface area contributed by atoms with Crippen molar-refractivity contribution in [2.75, 3.05) is 0 Å². The molecule has 1 aromatic carbocycles. The molecule has 2 rings (SSSR count).